The average Bonchev–Trinajstić information content (AvgIpc) is 3.12. The van der Waals surface area contributed by atoms with Crippen LogP contribution < -0.4 is 10.2 Å². The molecular formula is C21H17F2N5O4S. The standard InChI is InChI=1S/C21H17F2N5O4S/c1-27(2)33(30,31)19-12-28(18-7-6-15(23)9-17(18)19)26-21(29)32-16-10-24-20(25-11-16)13-4-3-5-14(22)8-13/h3-12H,1-2H3,(H,26,29). The molecule has 12 heteroatoms. The highest BCUT2D eigenvalue weighted by atomic mass is 32.2. The minimum atomic E-state index is -3.92. The van der Waals surface area contributed by atoms with Gasteiger partial charge in [-0.15, -0.1) is 0 Å². The number of aromatic nitrogens is 3. The largest absolute Gasteiger partial charge is 0.432 e. The summed E-state index contributed by atoms with van der Waals surface area (Å²) < 4.78 is 59.6. The van der Waals surface area contributed by atoms with E-state index in [-0.39, 0.29) is 27.4 Å². The minimum Gasteiger partial charge on any atom is -0.406 e. The summed E-state index contributed by atoms with van der Waals surface area (Å²) in [7, 11) is -1.24. The van der Waals surface area contributed by atoms with Crippen molar-refractivity contribution >= 4 is 27.0 Å². The normalized spacial score (nSPS) is 11.7. The fraction of sp³-hybridized carbons (Fsp3) is 0.0952. The number of rotatable bonds is 5. The van der Waals surface area contributed by atoms with Crippen LogP contribution in [0.2, 0.25) is 0 Å². The van der Waals surface area contributed by atoms with Crippen molar-refractivity contribution in [1.82, 2.24) is 18.9 Å². The first-order chi connectivity index (χ1) is 15.6. The minimum absolute atomic E-state index is 0.00343. The van der Waals surface area contributed by atoms with Crippen molar-refractivity contribution in [1.29, 1.82) is 0 Å². The molecular weight excluding hydrogens is 456 g/mol. The van der Waals surface area contributed by atoms with Crippen LogP contribution in [-0.4, -0.2) is 47.6 Å². The van der Waals surface area contributed by atoms with Gasteiger partial charge in [-0.2, -0.15) is 0 Å². The van der Waals surface area contributed by atoms with Gasteiger partial charge >= 0.3 is 6.09 Å². The number of nitrogens with one attached hydrogen (secondary N) is 1. The second-order valence-corrected chi connectivity index (χ2v) is 9.19. The molecule has 0 aliphatic heterocycles. The smallest absolute Gasteiger partial charge is 0.406 e. The van der Waals surface area contributed by atoms with Gasteiger partial charge in [-0.1, -0.05) is 12.1 Å². The van der Waals surface area contributed by atoms with Crippen LogP contribution >= 0.6 is 0 Å². The molecule has 0 saturated heterocycles. The molecule has 4 aromatic rings. The van der Waals surface area contributed by atoms with Gasteiger partial charge in [0.1, 0.15) is 16.5 Å². The van der Waals surface area contributed by atoms with Crippen LogP contribution in [0.1, 0.15) is 0 Å². The number of hydrogen-bond donors (Lipinski definition) is 1. The molecule has 1 N–H and O–H groups in total. The van der Waals surface area contributed by atoms with Crippen LogP contribution in [0.5, 0.6) is 5.75 Å². The fourth-order valence-electron chi connectivity index (χ4n) is 3.04. The number of benzene rings is 2. The van der Waals surface area contributed by atoms with E-state index in [4.69, 9.17) is 4.74 Å². The van der Waals surface area contributed by atoms with E-state index in [0.717, 1.165) is 27.3 Å². The van der Waals surface area contributed by atoms with E-state index in [0.29, 0.717) is 5.56 Å². The maximum atomic E-state index is 13.8. The lowest BCUT2D eigenvalue weighted by Gasteiger charge is -2.10. The molecule has 0 unspecified atom stereocenters. The molecule has 0 radical (unpaired) electrons. The Morgan fingerprint density at radius 1 is 1.06 bits per heavy atom. The summed E-state index contributed by atoms with van der Waals surface area (Å²) in [6.07, 6.45) is 2.66. The summed E-state index contributed by atoms with van der Waals surface area (Å²) in [6.45, 7) is 0. The predicted octanol–water partition coefficient (Wildman–Crippen LogP) is 3.37. The number of ether oxygens (including phenoxy) is 1. The summed E-state index contributed by atoms with van der Waals surface area (Å²) in [6, 6.07) is 9.23. The highest BCUT2D eigenvalue weighted by Crippen LogP contribution is 2.27. The summed E-state index contributed by atoms with van der Waals surface area (Å²) in [5.41, 5.74) is 3.08. The van der Waals surface area contributed by atoms with E-state index in [1.54, 1.807) is 6.07 Å². The molecule has 2 heterocycles. The second-order valence-electron chi connectivity index (χ2n) is 7.07. The monoisotopic (exact) mass is 473 g/mol. The van der Waals surface area contributed by atoms with Crippen LogP contribution in [0.4, 0.5) is 13.6 Å². The number of halogens is 2. The quantitative estimate of drug-likeness (QED) is 0.476. The Hall–Kier alpha value is -3.90. The van der Waals surface area contributed by atoms with E-state index in [1.807, 2.05) is 0 Å². The summed E-state index contributed by atoms with van der Waals surface area (Å²) in [5.74, 6) is -0.839. The molecule has 2 aromatic carbocycles. The lowest BCUT2D eigenvalue weighted by Crippen LogP contribution is -2.26. The second kappa shape index (κ2) is 8.56. The van der Waals surface area contributed by atoms with Crippen molar-refractivity contribution in [3.63, 3.8) is 0 Å². The van der Waals surface area contributed by atoms with Crippen molar-refractivity contribution < 1.29 is 26.7 Å². The molecule has 0 fully saturated rings. The van der Waals surface area contributed by atoms with Gasteiger partial charge in [0.2, 0.25) is 10.0 Å². The zero-order valence-corrected chi connectivity index (χ0v) is 18.2. The zero-order chi connectivity index (χ0) is 23.8. The van der Waals surface area contributed by atoms with Crippen molar-refractivity contribution in [2.45, 2.75) is 4.90 Å². The van der Waals surface area contributed by atoms with Gasteiger partial charge in [0, 0.05) is 31.2 Å². The fourth-order valence-corrected chi connectivity index (χ4v) is 4.11. The number of amides is 1. The van der Waals surface area contributed by atoms with Crippen molar-refractivity contribution in [3.8, 4) is 17.1 Å². The van der Waals surface area contributed by atoms with Crippen LogP contribution in [0.25, 0.3) is 22.3 Å². The van der Waals surface area contributed by atoms with E-state index in [1.165, 1.54) is 50.8 Å². The molecule has 9 nitrogen and oxygen atoms in total. The van der Waals surface area contributed by atoms with E-state index in [9.17, 15) is 22.0 Å². The maximum absolute atomic E-state index is 13.8. The topological polar surface area (TPSA) is 106 Å². The molecule has 170 valence electrons. The highest BCUT2D eigenvalue weighted by molar-refractivity contribution is 7.89. The Morgan fingerprint density at radius 2 is 1.76 bits per heavy atom. The molecule has 2 aromatic heterocycles. The maximum Gasteiger partial charge on any atom is 0.432 e. The highest BCUT2D eigenvalue weighted by Gasteiger charge is 2.24. The molecule has 0 bridgehead atoms. The first-order valence-corrected chi connectivity index (χ1v) is 10.9. The Kier molecular flexibility index (Phi) is 5.78. The summed E-state index contributed by atoms with van der Waals surface area (Å²) in [4.78, 5) is 20.3. The number of hydrogen-bond acceptors (Lipinski definition) is 6. The zero-order valence-electron chi connectivity index (χ0n) is 17.4. The van der Waals surface area contributed by atoms with E-state index in [2.05, 4.69) is 15.4 Å². The molecule has 0 atom stereocenters. The summed E-state index contributed by atoms with van der Waals surface area (Å²) in [5, 5.41) is 0.0896. The Bertz CT molecular complexity index is 1450. The first kappa shape index (κ1) is 22.3. The molecule has 0 spiro atoms. The number of carbonyl (C=O) groups is 1. The lowest BCUT2D eigenvalue weighted by atomic mass is 10.2. The van der Waals surface area contributed by atoms with Gasteiger partial charge in [-0.05, 0) is 30.3 Å². The number of carbonyl (C=O) groups excluding carboxylic acids is 1. The van der Waals surface area contributed by atoms with Crippen molar-refractivity contribution in [2.24, 2.45) is 0 Å². The van der Waals surface area contributed by atoms with Gasteiger partial charge in [0.15, 0.2) is 11.6 Å². The third-order valence-corrected chi connectivity index (χ3v) is 6.46. The number of nitrogens with zero attached hydrogens (tertiary/aromatic N) is 4. The summed E-state index contributed by atoms with van der Waals surface area (Å²) >= 11 is 0. The third-order valence-electron chi connectivity index (χ3n) is 4.62. The third kappa shape index (κ3) is 4.52. The van der Waals surface area contributed by atoms with Crippen molar-refractivity contribution in [3.05, 3.63) is 72.7 Å². The van der Waals surface area contributed by atoms with Gasteiger partial charge in [-0.3, -0.25) is 4.68 Å². The van der Waals surface area contributed by atoms with E-state index < -0.39 is 27.8 Å². The van der Waals surface area contributed by atoms with Gasteiger partial charge in [-0.25, -0.2) is 41.7 Å². The SMILES string of the molecule is CN(C)S(=O)(=O)c1cn(NC(=O)Oc2cnc(-c3cccc(F)c3)nc2)c2ccc(F)cc12. The molecule has 0 aliphatic rings. The van der Waals surface area contributed by atoms with Crippen LogP contribution in [0.15, 0.2) is 66.0 Å². The van der Waals surface area contributed by atoms with Gasteiger partial charge in [0.25, 0.3) is 0 Å². The van der Waals surface area contributed by atoms with Gasteiger partial charge < -0.3 is 4.74 Å². The molecule has 1 amide bonds. The number of sulfonamides is 1. The van der Waals surface area contributed by atoms with Crippen molar-refractivity contribution in [2.75, 3.05) is 19.5 Å². The molecule has 0 saturated carbocycles. The Morgan fingerprint density at radius 3 is 2.42 bits per heavy atom. The van der Waals surface area contributed by atoms with Gasteiger partial charge in [0.05, 0.1) is 17.9 Å². The average molecular weight is 473 g/mol. The lowest BCUT2D eigenvalue weighted by molar-refractivity contribution is 0.211. The Balaban J connectivity index is 1.57. The molecule has 0 aliphatic carbocycles. The molecule has 4 rings (SSSR count). The predicted molar refractivity (Wildman–Crippen MR) is 116 cm³/mol. The van der Waals surface area contributed by atoms with E-state index >= 15 is 0 Å². The first-order valence-electron chi connectivity index (χ1n) is 9.45. The Labute approximate surface area is 187 Å². The molecule has 33 heavy (non-hydrogen) atoms. The van der Waals surface area contributed by atoms with Crippen LogP contribution in [0, 0.1) is 11.6 Å². The number of fused-ring (bicyclic) bond motifs is 1. The van der Waals surface area contributed by atoms with Crippen LogP contribution in [-0.2, 0) is 10.0 Å². The van der Waals surface area contributed by atoms with Crippen LogP contribution in [0.3, 0.4) is 0 Å².